The summed E-state index contributed by atoms with van der Waals surface area (Å²) < 4.78 is 1.59. The third-order valence-corrected chi connectivity index (χ3v) is 1.86. The van der Waals surface area contributed by atoms with E-state index in [1.54, 1.807) is 4.68 Å². The molecule has 0 aromatic rings. The van der Waals surface area contributed by atoms with Gasteiger partial charge in [0, 0.05) is 19.8 Å². The second-order valence-electron chi connectivity index (χ2n) is 3.41. The first kappa shape index (κ1) is 9.84. The van der Waals surface area contributed by atoms with E-state index in [9.17, 15) is 0 Å². The minimum Gasteiger partial charge on any atom is -0.410 e. The maximum absolute atomic E-state index is 4.31. The average Bonchev–Trinajstić information content (AvgIpc) is 2.03. The van der Waals surface area contributed by atoms with Gasteiger partial charge in [0.25, 0.3) is 0 Å². The number of hydrogen-bond acceptors (Lipinski definition) is 1. The Morgan fingerprint density at radius 2 is 2.00 bits per heavy atom. The summed E-state index contributed by atoms with van der Waals surface area (Å²) in [7, 11) is 5.90. The van der Waals surface area contributed by atoms with Crippen LogP contribution in [0.15, 0.2) is 23.5 Å². The number of hydrogen-bond donors (Lipinski definition) is 0. The van der Waals surface area contributed by atoms with Gasteiger partial charge in [-0.25, -0.2) is 0 Å². The summed E-state index contributed by atoms with van der Waals surface area (Å²) in [5.41, 5.74) is 6.52. The van der Waals surface area contributed by atoms with Crippen molar-refractivity contribution in [3.8, 4) is 0 Å². The van der Waals surface area contributed by atoms with E-state index in [-0.39, 0.29) is 0 Å². The zero-order valence-corrected chi connectivity index (χ0v) is 8.62. The standard InChI is InChI=1S/C10H17N3/c1-12(2)10-8-6-5-7-9(10)11-13(3)4/h7-8H,3,5-6H2,1-2,4H3. The molecule has 0 bridgehead atoms. The molecule has 0 heterocycles. The first-order valence-corrected chi connectivity index (χ1v) is 4.45. The second-order valence-corrected chi connectivity index (χ2v) is 3.41. The molecule has 0 radical (unpaired) electrons. The Labute approximate surface area is 80.0 Å². The van der Waals surface area contributed by atoms with Crippen LogP contribution >= 0.6 is 0 Å². The molecular weight excluding hydrogens is 162 g/mol. The van der Waals surface area contributed by atoms with Crippen LogP contribution < -0.4 is 0 Å². The van der Waals surface area contributed by atoms with E-state index in [1.165, 1.54) is 5.70 Å². The monoisotopic (exact) mass is 179 g/mol. The lowest BCUT2D eigenvalue weighted by molar-refractivity contribution is -0.431. The van der Waals surface area contributed by atoms with Crippen LogP contribution in [-0.2, 0) is 0 Å². The van der Waals surface area contributed by atoms with E-state index in [0.717, 1.165) is 18.5 Å². The molecule has 0 saturated heterocycles. The summed E-state index contributed by atoms with van der Waals surface area (Å²) in [6.07, 6.45) is 6.54. The molecule has 13 heavy (non-hydrogen) atoms. The molecule has 0 N–H and O–H groups in total. The Bertz CT molecular complexity index is 261. The summed E-state index contributed by atoms with van der Waals surface area (Å²) in [4.78, 5) is 2.08. The van der Waals surface area contributed by atoms with Crippen LogP contribution in [0.5, 0.6) is 0 Å². The fourth-order valence-corrected chi connectivity index (χ4v) is 1.34. The fraction of sp³-hybridized carbons (Fsp3) is 0.500. The molecule has 3 heteroatoms. The Morgan fingerprint density at radius 1 is 1.38 bits per heavy atom. The van der Waals surface area contributed by atoms with Crippen molar-refractivity contribution in [2.24, 2.45) is 0 Å². The summed E-state index contributed by atoms with van der Waals surface area (Å²) in [6.45, 7) is 3.71. The van der Waals surface area contributed by atoms with E-state index in [1.807, 2.05) is 21.1 Å². The highest BCUT2D eigenvalue weighted by molar-refractivity contribution is 5.38. The molecule has 0 amide bonds. The Hall–Kier alpha value is -1.25. The quantitative estimate of drug-likeness (QED) is 0.367. The van der Waals surface area contributed by atoms with Gasteiger partial charge in [-0.05, 0) is 12.8 Å². The van der Waals surface area contributed by atoms with Gasteiger partial charge in [-0.3, -0.25) is 4.68 Å². The van der Waals surface area contributed by atoms with Gasteiger partial charge in [-0.2, -0.15) is 0 Å². The van der Waals surface area contributed by atoms with Gasteiger partial charge in [-0.15, -0.1) is 0 Å². The summed E-state index contributed by atoms with van der Waals surface area (Å²) in [6, 6.07) is 0. The lowest BCUT2D eigenvalue weighted by atomic mass is 10.1. The second kappa shape index (κ2) is 4.12. The van der Waals surface area contributed by atoms with Crippen molar-refractivity contribution in [3.63, 3.8) is 0 Å². The first-order chi connectivity index (χ1) is 6.11. The van der Waals surface area contributed by atoms with Crippen LogP contribution in [-0.4, -0.2) is 37.4 Å². The van der Waals surface area contributed by atoms with E-state index in [2.05, 4.69) is 29.2 Å². The SMILES string of the molecule is C=[N+](C)[N-]C1=CCCC=C1N(C)C. The lowest BCUT2D eigenvalue weighted by Gasteiger charge is -2.29. The van der Waals surface area contributed by atoms with Crippen LogP contribution in [0.4, 0.5) is 0 Å². The maximum Gasteiger partial charge on any atom is 0.127 e. The Kier molecular flexibility index (Phi) is 3.12. The van der Waals surface area contributed by atoms with Crippen molar-refractivity contribution in [1.29, 1.82) is 0 Å². The number of nitrogens with zero attached hydrogens (tertiary/aromatic N) is 3. The van der Waals surface area contributed by atoms with E-state index in [0.29, 0.717) is 0 Å². The van der Waals surface area contributed by atoms with Crippen molar-refractivity contribution in [2.45, 2.75) is 12.8 Å². The highest BCUT2D eigenvalue weighted by atomic mass is 15.4. The van der Waals surface area contributed by atoms with E-state index in [4.69, 9.17) is 0 Å². The van der Waals surface area contributed by atoms with Gasteiger partial charge in [0.05, 0.1) is 0 Å². The van der Waals surface area contributed by atoms with Crippen LogP contribution in [0.2, 0.25) is 0 Å². The van der Waals surface area contributed by atoms with Crippen molar-refractivity contribution in [2.75, 3.05) is 21.1 Å². The van der Waals surface area contributed by atoms with Crippen molar-refractivity contribution < 1.29 is 4.68 Å². The van der Waals surface area contributed by atoms with E-state index >= 15 is 0 Å². The molecule has 1 aliphatic rings. The minimum absolute atomic E-state index is 1.02. The topological polar surface area (TPSA) is 20.4 Å². The highest BCUT2D eigenvalue weighted by Crippen LogP contribution is 2.24. The van der Waals surface area contributed by atoms with Crippen LogP contribution in [0.25, 0.3) is 5.43 Å². The molecule has 0 aromatic carbocycles. The molecule has 0 unspecified atom stereocenters. The third-order valence-electron chi connectivity index (χ3n) is 1.86. The minimum atomic E-state index is 1.02. The molecule has 0 saturated carbocycles. The summed E-state index contributed by atoms with van der Waals surface area (Å²) in [5.74, 6) is 0. The average molecular weight is 179 g/mol. The smallest absolute Gasteiger partial charge is 0.127 e. The molecule has 0 atom stereocenters. The zero-order valence-electron chi connectivity index (χ0n) is 8.62. The van der Waals surface area contributed by atoms with Gasteiger partial charge in [0.2, 0.25) is 0 Å². The van der Waals surface area contributed by atoms with Gasteiger partial charge in [-0.1, -0.05) is 17.8 Å². The summed E-state index contributed by atoms with van der Waals surface area (Å²) >= 11 is 0. The Balaban J connectivity index is 2.75. The predicted molar refractivity (Wildman–Crippen MR) is 55.8 cm³/mol. The normalized spacial score (nSPS) is 15.9. The van der Waals surface area contributed by atoms with Crippen LogP contribution in [0.3, 0.4) is 0 Å². The van der Waals surface area contributed by atoms with Crippen molar-refractivity contribution >= 4 is 6.72 Å². The van der Waals surface area contributed by atoms with Gasteiger partial charge >= 0.3 is 0 Å². The summed E-state index contributed by atoms with van der Waals surface area (Å²) in [5, 5.41) is 0. The molecule has 1 aliphatic carbocycles. The number of rotatable bonds is 3. The number of likely N-dealkylation sites (N-methyl/N-ethyl adjacent to an activating group) is 1. The third kappa shape index (κ3) is 2.61. The van der Waals surface area contributed by atoms with Crippen LogP contribution in [0.1, 0.15) is 12.8 Å². The lowest BCUT2D eigenvalue weighted by Crippen LogP contribution is -2.16. The predicted octanol–water partition coefficient (Wildman–Crippen LogP) is 1.74. The molecule has 0 spiro atoms. The molecular formula is C10H17N3. The van der Waals surface area contributed by atoms with Crippen molar-refractivity contribution in [1.82, 2.24) is 4.90 Å². The number of allylic oxidation sites excluding steroid dienone is 2. The largest absolute Gasteiger partial charge is 0.410 e. The Morgan fingerprint density at radius 3 is 2.54 bits per heavy atom. The van der Waals surface area contributed by atoms with Crippen molar-refractivity contribution in [3.05, 3.63) is 29.0 Å². The van der Waals surface area contributed by atoms with Gasteiger partial charge < -0.3 is 10.3 Å². The van der Waals surface area contributed by atoms with Crippen LogP contribution in [0, 0.1) is 0 Å². The zero-order chi connectivity index (χ0) is 9.84. The van der Waals surface area contributed by atoms with Gasteiger partial charge in [0.15, 0.2) is 0 Å². The highest BCUT2D eigenvalue weighted by Gasteiger charge is 2.04. The fourth-order valence-electron chi connectivity index (χ4n) is 1.34. The van der Waals surface area contributed by atoms with Gasteiger partial charge in [0.1, 0.15) is 13.8 Å². The molecule has 0 aliphatic heterocycles. The van der Waals surface area contributed by atoms with E-state index < -0.39 is 0 Å². The molecule has 3 nitrogen and oxygen atoms in total. The molecule has 0 fully saturated rings. The maximum atomic E-state index is 4.31. The first-order valence-electron chi connectivity index (χ1n) is 4.45. The molecule has 72 valence electrons. The molecule has 1 rings (SSSR count). The molecule has 0 aromatic heterocycles.